The van der Waals surface area contributed by atoms with Gasteiger partial charge < -0.3 is 4.74 Å². The maximum Gasteiger partial charge on any atom is 0.325 e. The van der Waals surface area contributed by atoms with E-state index in [9.17, 15) is 4.79 Å². The lowest BCUT2D eigenvalue weighted by Gasteiger charge is -2.27. The Labute approximate surface area is 103 Å². The average Bonchev–Trinajstić information content (AvgIpc) is 2.37. The van der Waals surface area contributed by atoms with Crippen molar-refractivity contribution in [1.82, 2.24) is 5.32 Å². The first kappa shape index (κ1) is 13.7. The van der Waals surface area contributed by atoms with Crippen molar-refractivity contribution < 1.29 is 9.53 Å². The summed E-state index contributed by atoms with van der Waals surface area (Å²) in [6.07, 6.45) is 1.71. The molecule has 0 aromatic heterocycles. The molecule has 0 bridgehead atoms. The van der Waals surface area contributed by atoms with Crippen LogP contribution >= 0.6 is 0 Å². The molecule has 0 aliphatic heterocycles. The Morgan fingerprint density at radius 2 is 2.00 bits per heavy atom. The van der Waals surface area contributed by atoms with Crippen LogP contribution in [0, 0.1) is 0 Å². The summed E-state index contributed by atoms with van der Waals surface area (Å²) in [6, 6.07) is 10.0. The summed E-state index contributed by atoms with van der Waals surface area (Å²) in [4.78, 5) is 11.8. The van der Waals surface area contributed by atoms with E-state index in [1.807, 2.05) is 37.3 Å². The fourth-order valence-corrected chi connectivity index (χ4v) is 1.88. The predicted octanol–water partition coefficient (Wildman–Crippen LogP) is 2.51. The number of ether oxygens (including phenoxy) is 1. The zero-order valence-electron chi connectivity index (χ0n) is 10.8. The van der Waals surface area contributed by atoms with Crippen molar-refractivity contribution in [3.8, 4) is 0 Å². The van der Waals surface area contributed by atoms with E-state index in [4.69, 9.17) is 4.74 Å². The molecular formula is C14H21NO2. The highest BCUT2D eigenvalue weighted by Gasteiger charge is 2.32. The molecule has 0 saturated heterocycles. The first-order valence-electron chi connectivity index (χ1n) is 5.99. The van der Waals surface area contributed by atoms with Gasteiger partial charge in [-0.05, 0) is 18.9 Å². The van der Waals surface area contributed by atoms with Gasteiger partial charge >= 0.3 is 5.97 Å². The smallest absolute Gasteiger partial charge is 0.325 e. The summed E-state index contributed by atoms with van der Waals surface area (Å²) in [7, 11) is 1.43. The van der Waals surface area contributed by atoms with E-state index in [0.29, 0.717) is 6.54 Å². The molecule has 1 N–H and O–H groups in total. The fourth-order valence-electron chi connectivity index (χ4n) is 1.88. The van der Waals surface area contributed by atoms with Crippen molar-refractivity contribution in [2.45, 2.75) is 38.8 Å². The van der Waals surface area contributed by atoms with Gasteiger partial charge in [-0.15, -0.1) is 0 Å². The topological polar surface area (TPSA) is 38.3 Å². The zero-order valence-corrected chi connectivity index (χ0v) is 10.8. The lowest BCUT2D eigenvalue weighted by molar-refractivity contribution is -0.148. The Morgan fingerprint density at radius 3 is 2.53 bits per heavy atom. The van der Waals surface area contributed by atoms with Crippen molar-refractivity contribution in [1.29, 1.82) is 0 Å². The van der Waals surface area contributed by atoms with Crippen LogP contribution in [0.5, 0.6) is 0 Å². The molecule has 1 unspecified atom stereocenters. The Morgan fingerprint density at radius 1 is 1.35 bits per heavy atom. The Hall–Kier alpha value is -1.35. The molecular weight excluding hydrogens is 214 g/mol. The van der Waals surface area contributed by atoms with Gasteiger partial charge in [0.05, 0.1) is 7.11 Å². The third-order valence-corrected chi connectivity index (χ3v) is 2.91. The minimum atomic E-state index is -0.598. The second-order valence-corrected chi connectivity index (χ2v) is 4.41. The van der Waals surface area contributed by atoms with Gasteiger partial charge in [0.15, 0.2) is 0 Å². The molecule has 3 heteroatoms. The van der Waals surface area contributed by atoms with Gasteiger partial charge in [-0.25, -0.2) is 0 Å². The summed E-state index contributed by atoms with van der Waals surface area (Å²) in [6.45, 7) is 4.63. The van der Waals surface area contributed by atoms with Crippen molar-refractivity contribution in [3.05, 3.63) is 35.9 Å². The van der Waals surface area contributed by atoms with Crippen LogP contribution in [0.3, 0.4) is 0 Å². The summed E-state index contributed by atoms with van der Waals surface area (Å²) in [5.41, 5.74) is 0.568. The van der Waals surface area contributed by atoms with Crippen LogP contribution < -0.4 is 5.32 Å². The van der Waals surface area contributed by atoms with E-state index in [0.717, 1.165) is 12.8 Å². The first-order valence-corrected chi connectivity index (χ1v) is 5.99. The second-order valence-electron chi connectivity index (χ2n) is 4.41. The molecule has 17 heavy (non-hydrogen) atoms. The number of hydrogen-bond donors (Lipinski definition) is 1. The Balaban J connectivity index is 2.64. The summed E-state index contributed by atoms with van der Waals surface area (Å²) < 4.78 is 4.85. The zero-order chi connectivity index (χ0) is 12.7. The summed E-state index contributed by atoms with van der Waals surface area (Å²) >= 11 is 0. The molecule has 0 aliphatic carbocycles. The van der Waals surface area contributed by atoms with Crippen LogP contribution in [0.25, 0.3) is 0 Å². The lowest BCUT2D eigenvalue weighted by atomic mass is 9.96. The van der Waals surface area contributed by atoms with Crippen molar-refractivity contribution in [3.63, 3.8) is 0 Å². The van der Waals surface area contributed by atoms with Crippen LogP contribution in [0.15, 0.2) is 30.3 Å². The van der Waals surface area contributed by atoms with E-state index in [1.54, 1.807) is 0 Å². The molecule has 0 heterocycles. The maximum atomic E-state index is 11.8. The SMILES string of the molecule is CCCC(C)(NCc1ccccc1)C(=O)OC. The summed E-state index contributed by atoms with van der Waals surface area (Å²) in [5.74, 6) is -0.199. The molecule has 0 spiro atoms. The Kier molecular flexibility index (Phi) is 5.16. The van der Waals surface area contributed by atoms with E-state index in [-0.39, 0.29) is 5.97 Å². The van der Waals surface area contributed by atoms with Gasteiger partial charge in [0.1, 0.15) is 5.54 Å². The molecule has 1 aromatic carbocycles. The van der Waals surface area contributed by atoms with Gasteiger partial charge in [-0.2, -0.15) is 0 Å². The number of carbonyl (C=O) groups excluding carboxylic acids is 1. The minimum Gasteiger partial charge on any atom is -0.468 e. The number of benzene rings is 1. The number of rotatable bonds is 6. The van der Waals surface area contributed by atoms with Gasteiger partial charge in [0, 0.05) is 6.54 Å². The Bertz CT molecular complexity index is 350. The molecule has 0 fully saturated rings. The largest absolute Gasteiger partial charge is 0.468 e. The van der Waals surface area contributed by atoms with Gasteiger partial charge in [0.25, 0.3) is 0 Å². The van der Waals surface area contributed by atoms with E-state index >= 15 is 0 Å². The fraction of sp³-hybridized carbons (Fsp3) is 0.500. The molecule has 1 aromatic rings. The van der Waals surface area contributed by atoms with Gasteiger partial charge in [0.2, 0.25) is 0 Å². The van der Waals surface area contributed by atoms with Crippen molar-refractivity contribution >= 4 is 5.97 Å². The molecule has 1 atom stereocenters. The molecule has 3 nitrogen and oxygen atoms in total. The van der Waals surface area contributed by atoms with E-state index in [1.165, 1.54) is 12.7 Å². The monoisotopic (exact) mass is 235 g/mol. The quantitative estimate of drug-likeness (QED) is 0.770. The number of carbonyl (C=O) groups is 1. The highest BCUT2D eigenvalue weighted by molar-refractivity contribution is 5.80. The highest BCUT2D eigenvalue weighted by atomic mass is 16.5. The lowest BCUT2D eigenvalue weighted by Crippen LogP contribution is -2.49. The van der Waals surface area contributed by atoms with E-state index in [2.05, 4.69) is 12.2 Å². The number of esters is 1. The highest BCUT2D eigenvalue weighted by Crippen LogP contribution is 2.15. The number of methoxy groups -OCH3 is 1. The molecule has 0 amide bonds. The van der Waals surface area contributed by atoms with Crippen molar-refractivity contribution in [2.24, 2.45) is 0 Å². The van der Waals surface area contributed by atoms with Crippen LogP contribution in [0.2, 0.25) is 0 Å². The van der Waals surface area contributed by atoms with Crippen LogP contribution in [-0.2, 0) is 16.1 Å². The van der Waals surface area contributed by atoms with Gasteiger partial charge in [-0.1, -0.05) is 43.7 Å². The van der Waals surface area contributed by atoms with Crippen molar-refractivity contribution in [2.75, 3.05) is 7.11 Å². The standard InChI is InChI=1S/C14H21NO2/c1-4-10-14(2,13(16)17-3)15-11-12-8-6-5-7-9-12/h5-9,15H,4,10-11H2,1-3H3. The first-order chi connectivity index (χ1) is 8.12. The minimum absolute atomic E-state index is 0.199. The molecule has 94 valence electrons. The van der Waals surface area contributed by atoms with Crippen LogP contribution in [0.1, 0.15) is 32.3 Å². The third-order valence-electron chi connectivity index (χ3n) is 2.91. The van der Waals surface area contributed by atoms with E-state index < -0.39 is 5.54 Å². The van der Waals surface area contributed by atoms with Crippen LogP contribution in [0.4, 0.5) is 0 Å². The second kappa shape index (κ2) is 6.40. The molecule has 0 radical (unpaired) electrons. The maximum absolute atomic E-state index is 11.8. The third kappa shape index (κ3) is 3.86. The number of nitrogens with one attached hydrogen (secondary N) is 1. The van der Waals surface area contributed by atoms with Gasteiger partial charge in [-0.3, -0.25) is 10.1 Å². The molecule has 0 aliphatic rings. The predicted molar refractivity (Wildman–Crippen MR) is 68.6 cm³/mol. The van der Waals surface area contributed by atoms with Crippen LogP contribution in [-0.4, -0.2) is 18.6 Å². The molecule has 1 rings (SSSR count). The normalized spacial score (nSPS) is 14.1. The summed E-state index contributed by atoms with van der Waals surface area (Å²) in [5, 5.41) is 3.29. The molecule has 0 saturated carbocycles. The number of hydrogen-bond acceptors (Lipinski definition) is 3. The average molecular weight is 235 g/mol.